The first kappa shape index (κ1) is 15.3. The van der Waals surface area contributed by atoms with Crippen molar-refractivity contribution in [2.75, 3.05) is 11.2 Å². The van der Waals surface area contributed by atoms with Crippen LogP contribution in [0.25, 0.3) is 0 Å². The number of halogens is 3. The number of nitrogens with zero attached hydrogens (tertiary/aromatic N) is 1. The summed E-state index contributed by atoms with van der Waals surface area (Å²) in [6.45, 7) is 6.60. The molecule has 1 aromatic heterocycles. The van der Waals surface area contributed by atoms with Crippen LogP contribution in [0.5, 0.6) is 0 Å². The van der Waals surface area contributed by atoms with Gasteiger partial charge < -0.3 is 5.32 Å². The summed E-state index contributed by atoms with van der Waals surface area (Å²) in [7, 11) is 0. The standard InChI is InChI=1S/C12H17Br2ClN2/c1-12(2,3)10(4-5-15)17-11-9(14)6-8(13)7-16-11/h6-7,10H,4-5H2,1-3H3,(H,16,17). The highest BCUT2D eigenvalue weighted by Gasteiger charge is 2.24. The summed E-state index contributed by atoms with van der Waals surface area (Å²) in [6.07, 6.45) is 2.70. The summed E-state index contributed by atoms with van der Waals surface area (Å²) >= 11 is 12.8. The van der Waals surface area contributed by atoms with Crippen molar-refractivity contribution in [2.45, 2.75) is 33.2 Å². The lowest BCUT2D eigenvalue weighted by atomic mass is 9.85. The van der Waals surface area contributed by atoms with E-state index >= 15 is 0 Å². The largest absolute Gasteiger partial charge is 0.366 e. The van der Waals surface area contributed by atoms with E-state index in [4.69, 9.17) is 11.6 Å². The van der Waals surface area contributed by atoms with Gasteiger partial charge in [0.25, 0.3) is 0 Å². The van der Waals surface area contributed by atoms with E-state index in [1.54, 1.807) is 6.20 Å². The lowest BCUT2D eigenvalue weighted by Gasteiger charge is -2.31. The molecule has 1 N–H and O–H groups in total. The predicted molar refractivity (Wildman–Crippen MR) is 81.8 cm³/mol. The molecule has 1 rings (SSSR count). The van der Waals surface area contributed by atoms with Crippen LogP contribution in [-0.4, -0.2) is 16.9 Å². The molecule has 0 saturated carbocycles. The van der Waals surface area contributed by atoms with E-state index in [1.807, 2.05) is 6.07 Å². The Morgan fingerprint density at radius 3 is 2.53 bits per heavy atom. The van der Waals surface area contributed by atoms with Crippen molar-refractivity contribution in [1.82, 2.24) is 4.98 Å². The van der Waals surface area contributed by atoms with Crippen molar-refractivity contribution >= 4 is 49.3 Å². The fraction of sp³-hybridized carbons (Fsp3) is 0.583. The molecule has 0 fully saturated rings. The first-order valence-corrected chi connectivity index (χ1v) is 7.60. The van der Waals surface area contributed by atoms with E-state index in [-0.39, 0.29) is 5.41 Å². The average Bonchev–Trinajstić information content (AvgIpc) is 2.19. The normalized spacial score (nSPS) is 13.5. The van der Waals surface area contributed by atoms with Gasteiger partial charge in [-0.1, -0.05) is 20.8 Å². The van der Waals surface area contributed by atoms with Gasteiger partial charge >= 0.3 is 0 Å². The van der Waals surface area contributed by atoms with Crippen molar-refractivity contribution in [2.24, 2.45) is 5.41 Å². The van der Waals surface area contributed by atoms with Crippen molar-refractivity contribution < 1.29 is 0 Å². The molecule has 0 aliphatic heterocycles. The van der Waals surface area contributed by atoms with Gasteiger partial charge in [-0.25, -0.2) is 4.98 Å². The Balaban J connectivity index is 2.86. The van der Waals surface area contributed by atoms with Crippen LogP contribution in [0.2, 0.25) is 0 Å². The summed E-state index contributed by atoms with van der Waals surface area (Å²) in [6, 6.07) is 2.28. The third-order valence-electron chi connectivity index (χ3n) is 2.56. The molecule has 0 aliphatic carbocycles. The van der Waals surface area contributed by atoms with E-state index in [0.717, 1.165) is 21.2 Å². The van der Waals surface area contributed by atoms with Gasteiger partial charge in [-0.2, -0.15) is 0 Å². The first-order valence-electron chi connectivity index (χ1n) is 5.48. The molecule has 0 bridgehead atoms. The van der Waals surface area contributed by atoms with Gasteiger partial charge in [-0.15, -0.1) is 11.6 Å². The van der Waals surface area contributed by atoms with Crippen molar-refractivity contribution in [3.05, 3.63) is 21.2 Å². The maximum absolute atomic E-state index is 5.85. The van der Waals surface area contributed by atoms with E-state index < -0.39 is 0 Å². The van der Waals surface area contributed by atoms with E-state index in [9.17, 15) is 0 Å². The molecule has 5 heteroatoms. The Kier molecular flexibility index (Phi) is 5.74. The number of nitrogens with one attached hydrogen (secondary N) is 1. The monoisotopic (exact) mass is 382 g/mol. The molecule has 1 unspecified atom stereocenters. The number of hydrogen-bond donors (Lipinski definition) is 1. The average molecular weight is 385 g/mol. The third-order valence-corrected chi connectivity index (χ3v) is 3.82. The van der Waals surface area contributed by atoms with Gasteiger partial charge in [0.1, 0.15) is 5.82 Å². The van der Waals surface area contributed by atoms with E-state index in [1.165, 1.54) is 0 Å². The van der Waals surface area contributed by atoms with E-state index in [2.05, 4.69) is 62.9 Å². The number of anilines is 1. The number of aromatic nitrogens is 1. The summed E-state index contributed by atoms with van der Waals surface area (Å²) in [4.78, 5) is 4.37. The maximum atomic E-state index is 5.85. The van der Waals surface area contributed by atoms with Crippen LogP contribution in [0, 0.1) is 5.41 Å². The zero-order chi connectivity index (χ0) is 13.1. The minimum absolute atomic E-state index is 0.142. The zero-order valence-corrected chi connectivity index (χ0v) is 14.2. The Morgan fingerprint density at radius 1 is 1.41 bits per heavy atom. The molecule has 0 aliphatic rings. The lowest BCUT2D eigenvalue weighted by molar-refractivity contribution is 0.334. The fourth-order valence-electron chi connectivity index (χ4n) is 1.52. The minimum Gasteiger partial charge on any atom is -0.366 e. The molecule has 17 heavy (non-hydrogen) atoms. The van der Waals surface area contributed by atoms with Gasteiger partial charge in [0.15, 0.2) is 0 Å². The van der Waals surface area contributed by atoms with Crippen LogP contribution in [-0.2, 0) is 0 Å². The van der Waals surface area contributed by atoms with Crippen molar-refractivity contribution in [3.8, 4) is 0 Å². The van der Waals surface area contributed by atoms with Crippen LogP contribution >= 0.6 is 43.5 Å². The highest BCUT2D eigenvalue weighted by molar-refractivity contribution is 9.11. The Hall–Kier alpha value is 0.200. The summed E-state index contributed by atoms with van der Waals surface area (Å²) in [5.74, 6) is 1.50. The lowest BCUT2D eigenvalue weighted by Crippen LogP contribution is -2.34. The second-order valence-electron chi connectivity index (χ2n) is 5.02. The van der Waals surface area contributed by atoms with Gasteiger partial charge in [-0.05, 0) is 49.8 Å². The van der Waals surface area contributed by atoms with E-state index in [0.29, 0.717) is 11.9 Å². The maximum Gasteiger partial charge on any atom is 0.140 e. The molecule has 0 amide bonds. The molecule has 0 spiro atoms. The molecular formula is C12H17Br2ClN2. The molecule has 1 heterocycles. The van der Waals surface area contributed by atoms with Crippen molar-refractivity contribution in [1.29, 1.82) is 0 Å². The van der Waals surface area contributed by atoms with Crippen LogP contribution in [0.15, 0.2) is 21.2 Å². The highest BCUT2D eigenvalue weighted by atomic mass is 79.9. The molecule has 0 saturated heterocycles. The van der Waals surface area contributed by atoms with Crippen LogP contribution in [0.1, 0.15) is 27.2 Å². The third kappa shape index (κ3) is 4.76. The summed E-state index contributed by atoms with van der Waals surface area (Å²) < 4.78 is 1.91. The predicted octanol–water partition coefficient (Wildman–Crippen LogP) is 5.06. The Labute approximate surface area is 125 Å². The second-order valence-corrected chi connectivity index (χ2v) is 7.17. The zero-order valence-electron chi connectivity index (χ0n) is 10.2. The molecule has 0 aromatic carbocycles. The van der Waals surface area contributed by atoms with Crippen LogP contribution in [0.3, 0.4) is 0 Å². The topological polar surface area (TPSA) is 24.9 Å². The number of alkyl halides is 1. The van der Waals surface area contributed by atoms with Crippen molar-refractivity contribution in [3.63, 3.8) is 0 Å². The molecular weight excluding hydrogens is 367 g/mol. The quantitative estimate of drug-likeness (QED) is 0.734. The van der Waals surface area contributed by atoms with Gasteiger partial charge in [0, 0.05) is 22.6 Å². The fourth-order valence-corrected chi connectivity index (χ4v) is 2.84. The molecule has 2 nitrogen and oxygen atoms in total. The van der Waals surface area contributed by atoms with Gasteiger partial charge in [0.2, 0.25) is 0 Å². The van der Waals surface area contributed by atoms with Crippen LogP contribution < -0.4 is 5.32 Å². The molecule has 0 radical (unpaired) electrons. The second kappa shape index (κ2) is 6.39. The molecule has 1 aromatic rings. The molecule has 1 atom stereocenters. The summed E-state index contributed by atoms with van der Waals surface area (Å²) in [5.41, 5.74) is 0.142. The highest BCUT2D eigenvalue weighted by Crippen LogP contribution is 2.29. The smallest absolute Gasteiger partial charge is 0.140 e. The Morgan fingerprint density at radius 2 is 2.06 bits per heavy atom. The number of hydrogen-bond acceptors (Lipinski definition) is 2. The van der Waals surface area contributed by atoms with Gasteiger partial charge in [-0.3, -0.25) is 0 Å². The molecule has 96 valence electrons. The Bertz CT molecular complexity index is 377. The minimum atomic E-state index is 0.142. The van der Waals surface area contributed by atoms with Crippen LogP contribution in [0.4, 0.5) is 5.82 Å². The van der Waals surface area contributed by atoms with Gasteiger partial charge in [0.05, 0.1) is 4.47 Å². The number of pyridine rings is 1. The SMILES string of the molecule is CC(C)(C)C(CCCl)Nc1ncc(Br)cc1Br. The first-order chi connectivity index (χ1) is 7.84. The summed E-state index contributed by atoms with van der Waals surface area (Å²) in [5, 5.41) is 3.45. The number of rotatable bonds is 4.